The number of nitrogen functional groups attached to an aromatic ring is 1. The Balaban J connectivity index is 2.51. The van der Waals surface area contributed by atoms with Gasteiger partial charge in [-0.2, -0.15) is 13.2 Å². The normalized spacial score (nSPS) is 11.5. The van der Waals surface area contributed by atoms with Crippen LogP contribution in [0, 0.1) is 6.92 Å². The van der Waals surface area contributed by atoms with Gasteiger partial charge in [-0.3, -0.25) is 0 Å². The molecule has 0 aliphatic heterocycles. The SMILES string of the molecule is Cc1cc(N)ccc1OCCC(F)(F)F. The van der Waals surface area contributed by atoms with Gasteiger partial charge in [0, 0.05) is 5.69 Å². The fourth-order valence-electron chi connectivity index (χ4n) is 1.11. The van der Waals surface area contributed by atoms with Crippen molar-refractivity contribution in [1.29, 1.82) is 0 Å². The number of hydrogen-bond acceptors (Lipinski definition) is 2. The first-order chi connectivity index (χ1) is 6.88. The van der Waals surface area contributed by atoms with Crippen molar-refractivity contribution in [3.8, 4) is 5.75 Å². The maximum atomic E-state index is 11.8. The molecular weight excluding hydrogens is 207 g/mol. The highest BCUT2D eigenvalue weighted by molar-refractivity contribution is 5.47. The fraction of sp³-hybridized carbons (Fsp3) is 0.400. The molecule has 0 amide bonds. The molecule has 0 saturated carbocycles. The van der Waals surface area contributed by atoms with Crippen LogP contribution in [0.3, 0.4) is 0 Å². The molecular formula is C10H12F3NO. The molecule has 1 aromatic rings. The zero-order valence-electron chi connectivity index (χ0n) is 8.27. The molecule has 0 atom stereocenters. The van der Waals surface area contributed by atoms with Crippen LogP contribution in [0.1, 0.15) is 12.0 Å². The molecule has 0 heterocycles. The van der Waals surface area contributed by atoms with Crippen LogP contribution in [-0.2, 0) is 0 Å². The van der Waals surface area contributed by atoms with Crippen molar-refractivity contribution >= 4 is 5.69 Å². The zero-order chi connectivity index (χ0) is 11.5. The van der Waals surface area contributed by atoms with Crippen molar-refractivity contribution < 1.29 is 17.9 Å². The Morgan fingerprint density at radius 1 is 1.33 bits per heavy atom. The average molecular weight is 219 g/mol. The summed E-state index contributed by atoms with van der Waals surface area (Å²) in [5.41, 5.74) is 6.79. The quantitative estimate of drug-likeness (QED) is 0.793. The molecule has 0 bridgehead atoms. The minimum atomic E-state index is -4.18. The second-order valence-corrected chi connectivity index (χ2v) is 3.24. The molecule has 15 heavy (non-hydrogen) atoms. The summed E-state index contributed by atoms with van der Waals surface area (Å²) >= 11 is 0. The van der Waals surface area contributed by atoms with Gasteiger partial charge >= 0.3 is 6.18 Å². The summed E-state index contributed by atoms with van der Waals surface area (Å²) in [7, 11) is 0. The Morgan fingerprint density at radius 3 is 2.53 bits per heavy atom. The Morgan fingerprint density at radius 2 is 2.00 bits per heavy atom. The Labute approximate surface area is 85.8 Å². The van der Waals surface area contributed by atoms with Crippen molar-refractivity contribution in [3.63, 3.8) is 0 Å². The number of rotatable bonds is 3. The summed E-state index contributed by atoms with van der Waals surface area (Å²) < 4.78 is 40.5. The molecule has 0 saturated heterocycles. The molecule has 84 valence electrons. The molecule has 0 aliphatic rings. The highest BCUT2D eigenvalue weighted by Gasteiger charge is 2.26. The lowest BCUT2D eigenvalue weighted by molar-refractivity contribution is -0.139. The summed E-state index contributed by atoms with van der Waals surface area (Å²) in [4.78, 5) is 0. The number of ether oxygens (including phenoxy) is 1. The van der Waals surface area contributed by atoms with E-state index in [4.69, 9.17) is 10.5 Å². The molecule has 0 aliphatic carbocycles. The van der Waals surface area contributed by atoms with Crippen LogP contribution in [0.25, 0.3) is 0 Å². The van der Waals surface area contributed by atoms with Crippen molar-refractivity contribution in [2.45, 2.75) is 19.5 Å². The molecule has 2 N–H and O–H groups in total. The standard InChI is InChI=1S/C10H12F3NO/c1-7-6-8(14)2-3-9(7)15-5-4-10(11,12)13/h2-3,6H,4-5,14H2,1H3. The third-order valence-corrected chi connectivity index (χ3v) is 1.84. The largest absolute Gasteiger partial charge is 0.493 e. The van der Waals surface area contributed by atoms with E-state index in [9.17, 15) is 13.2 Å². The number of hydrogen-bond donors (Lipinski definition) is 1. The monoisotopic (exact) mass is 219 g/mol. The van der Waals surface area contributed by atoms with E-state index in [1.807, 2.05) is 0 Å². The van der Waals surface area contributed by atoms with Crippen LogP contribution in [0.4, 0.5) is 18.9 Å². The molecule has 0 unspecified atom stereocenters. The van der Waals surface area contributed by atoms with Gasteiger partial charge in [-0.05, 0) is 30.7 Å². The summed E-state index contributed by atoms with van der Waals surface area (Å²) in [5, 5.41) is 0. The van der Waals surface area contributed by atoms with Crippen LogP contribution < -0.4 is 10.5 Å². The molecule has 1 rings (SSSR count). The van der Waals surface area contributed by atoms with Crippen LogP contribution in [-0.4, -0.2) is 12.8 Å². The van der Waals surface area contributed by atoms with Crippen LogP contribution in [0.2, 0.25) is 0 Å². The summed E-state index contributed by atoms with van der Waals surface area (Å²) in [6.45, 7) is 1.37. The number of benzene rings is 1. The summed E-state index contributed by atoms with van der Waals surface area (Å²) in [6.07, 6.45) is -5.13. The summed E-state index contributed by atoms with van der Waals surface area (Å²) in [5.74, 6) is 0.438. The third-order valence-electron chi connectivity index (χ3n) is 1.84. The van der Waals surface area contributed by atoms with Gasteiger partial charge in [-0.15, -0.1) is 0 Å². The van der Waals surface area contributed by atoms with Crippen molar-refractivity contribution in [2.75, 3.05) is 12.3 Å². The second-order valence-electron chi connectivity index (χ2n) is 3.24. The first-order valence-corrected chi connectivity index (χ1v) is 4.44. The van der Waals surface area contributed by atoms with E-state index >= 15 is 0 Å². The number of alkyl halides is 3. The minimum Gasteiger partial charge on any atom is -0.493 e. The van der Waals surface area contributed by atoms with Gasteiger partial charge in [0.2, 0.25) is 0 Å². The second kappa shape index (κ2) is 4.42. The number of nitrogens with two attached hydrogens (primary N) is 1. The zero-order valence-corrected chi connectivity index (χ0v) is 8.27. The van der Waals surface area contributed by atoms with E-state index in [-0.39, 0.29) is 6.61 Å². The molecule has 1 aromatic carbocycles. The smallest absolute Gasteiger partial charge is 0.392 e. The molecule has 0 aromatic heterocycles. The topological polar surface area (TPSA) is 35.2 Å². The molecule has 0 fully saturated rings. The molecule has 0 radical (unpaired) electrons. The lowest BCUT2D eigenvalue weighted by atomic mass is 10.2. The van der Waals surface area contributed by atoms with Gasteiger partial charge in [-0.1, -0.05) is 0 Å². The number of anilines is 1. The van der Waals surface area contributed by atoms with Crippen molar-refractivity contribution in [3.05, 3.63) is 23.8 Å². The van der Waals surface area contributed by atoms with Crippen LogP contribution in [0.15, 0.2) is 18.2 Å². The van der Waals surface area contributed by atoms with Crippen LogP contribution in [0.5, 0.6) is 5.75 Å². The van der Waals surface area contributed by atoms with E-state index < -0.39 is 12.6 Å². The van der Waals surface area contributed by atoms with Gasteiger partial charge < -0.3 is 10.5 Å². The van der Waals surface area contributed by atoms with Gasteiger partial charge in [0.15, 0.2) is 0 Å². The predicted octanol–water partition coefficient (Wildman–Crippen LogP) is 2.91. The average Bonchev–Trinajstić information content (AvgIpc) is 2.07. The van der Waals surface area contributed by atoms with Gasteiger partial charge in [0.05, 0.1) is 13.0 Å². The van der Waals surface area contributed by atoms with E-state index in [0.717, 1.165) is 5.56 Å². The molecule has 2 nitrogen and oxygen atoms in total. The Kier molecular flexibility index (Phi) is 3.44. The van der Waals surface area contributed by atoms with Gasteiger partial charge in [0.1, 0.15) is 5.75 Å². The van der Waals surface area contributed by atoms with E-state index in [1.165, 1.54) is 0 Å². The predicted molar refractivity (Wildman–Crippen MR) is 51.8 cm³/mol. The minimum absolute atomic E-state index is 0.367. The Hall–Kier alpha value is -1.39. The van der Waals surface area contributed by atoms with Gasteiger partial charge in [-0.25, -0.2) is 0 Å². The first kappa shape index (κ1) is 11.7. The van der Waals surface area contributed by atoms with E-state index in [2.05, 4.69) is 0 Å². The first-order valence-electron chi connectivity index (χ1n) is 4.44. The highest BCUT2D eigenvalue weighted by atomic mass is 19.4. The van der Waals surface area contributed by atoms with Crippen LogP contribution >= 0.6 is 0 Å². The highest BCUT2D eigenvalue weighted by Crippen LogP contribution is 2.23. The number of halogens is 3. The van der Waals surface area contributed by atoms with Crippen molar-refractivity contribution in [2.24, 2.45) is 0 Å². The number of aryl methyl sites for hydroxylation is 1. The lowest BCUT2D eigenvalue weighted by Gasteiger charge is -2.10. The maximum Gasteiger partial charge on any atom is 0.392 e. The Bertz CT molecular complexity index is 336. The maximum absolute atomic E-state index is 11.8. The third kappa shape index (κ3) is 4.10. The van der Waals surface area contributed by atoms with E-state index in [1.54, 1.807) is 25.1 Å². The van der Waals surface area contributed by atoms with Crippen molar-refractivity contribution in [1.82, 2.24) is 0 Å². The molecule has 5 heteroatoms. The lowest BCUT2D eigenvalue weighted by Crippen LogP contribution is -2.13. The molecule has 0 spiro atoms. The van der Waals surface area contributed by atoms with Gasteiger partial charge in [0.25, 0.3) is 0 Å². The fourth-order valence-corrected chi connectivity index (χ4v) is 1.11. The summed E-state index contributed by atoms with van der Waals surface area (Å²) in [6, 6.07) is 4.82. The van der Waals surface area contributed by atoms with E-state index in [0.29, 0.717) is 11.4 Å².